The fourth-order valence-corrected chi connectivity index (χ4v) is 2.35. The second kappa shape index (κ2) is 4.78. The van der Waals surface area contributed by atoms with Crippen molar-refractivity contribution in [1.29, 1.82) is 0 Å². The lowest BCUT2D eigenvalue weighted by Gasteiger charge is -2.16. The molecule has 1 aliphatic heterocycles. The molecule has 98 valence electrons. The Kier molecular flexibility index (Phi) is 2.95. The second-order valence-corrected chi connectivity index (χ2v) is 4.71. The van der Waals surface area contributed by atoms with E-state index in [1.165, 1.54) is 12.2 Å². The van der Waals surface area contributed by atoms with Gasteiger partial charge < -0.3 is 0 Å². The van der Waals surface area contributed by atoms with Crippen LogP contribution in [0, 0.1) is 0 Å². The second-order valence-electron chi connectivity index (χ2n) is 4.71. The maximum absolute atomic E-state index is 11.6. The molecule has 3 rings (SSSR count). The number of hydrogen-bond donors (Lipinski definition) is 0. The standard InChI is InChI=1S/C17H13NO2/c1-12-4-2-3-5-15(12)13-6-8-14(9-7-13)18-16(19)10-11-17(18)20/h2-3,5-11H,1,4H2. The Morgan fingerprint density at radius 3 is 2.25 bits per heavy atom. The fraction of sp³-hybridized carbons (Fsp3) is 0.0588. The lowest BCUT2D eigenvalue weighted by atomic mass is 9.93. The molecule has 0 fully saturated rings. The van der Waals surface area contributed by atoms with Gasteiger partial charge in [-0.25, -0.2) is 4.90 Å². The van der Waals surface area contributed by atoms with Crippen molar-refractivity contribution in [3.8, 4) is 0 Å². The third-order valence-corrected chi connectivity index (χ3v) is 3.39. The van der Waals surface area contributed by atoms with E-state index >= 15 is 0 Å². The van der Waals surface area contributed by atoms with Gasteiger partial charge >= 0.3 is 0 Å². The Morgan fingerprint density at radius 1 is 1.00 bits per heavy atom. The average Bonchev–Trinajstić information content (AvgIpc) is 2.79. The van der Waals surface area contributed by atoms with E-state index < -0.39 is 0 Å². The molecule has 0 saturated heterocycles. The summed E-state index contributed by atoms with van der Waals surface area (Å²) in [5.74, 6) is -0.598. The molecule has 1 heterocycles. The molecule has 0 radical (unpaired) electrons. The first kappa shape index (κ1) is 12.4. The third-order valence-electron chi connectivity index (χ3n) is 3.39. The van der Waals surface area contributed by atoms with Crippen LogP contribution in [0.15, 0.2) is 66.8 Å². The number of hydrogen-bond acceptors (Lipinski definition) is 2. The van der Waals surface area contributed by atoms with Crippen LogP contribution in [0.1, 0.15) is 12.0 Å². The SMILES string of the molecule is C=C1CC=CC=C1c1ccc(N2C(=O)C=CC2=O)cc1. The van der Waals surface area contributed by atoms with Crippen LogP contribution < -0.4 is 4.90 Å². The average molecular weight is 263 g/mol. The smallest absolute Gasteiger partial charge is 0.258 e. The van der Waals surface area contributed by atoms with Gasteiger partial charge in [-0.05, 0) is 35.3 Å². The summed E-state index contributed by atoms with van der Waals surface area (Å²) in [6.07, 6.45) is 9.51. The van der Waals surface area contributed by atoms with Gasteiger partial charge in [0, 0.05) is 12.2 Å². The van der Waals surface area contributed by atoms with Crippen LogP contribution in [0.25, 0.3) is 5.57 Å². The van der Waals surface area contributed by atoms with Crippen LogP contribution in [0.2, 0.25) is 0 Å². The molecule has 20 heavy (non-hydrogen) atoms. The van der Waals surface area contributed by atoms with E-state index in [2.05, 4.69) is 12.7 Å². The van der Waals surface area contributed by atoms with Crippen LogP contribution in [0.4, 0.5) is 5.69 Å². The van der Waals surface area contributed by atoms with E-state index in [9.17, 15) is 9.59 Å². The van der Waals surface area contributed by atoms with Gasteiger partial charge in [0.1, 0.15) is 0 Å². The van der Waals surface area contributed by atoms with Crippen LogP contribution in [0.5, 0.6) is 0 Å². The molecule has 0 atom stereocenters. The first-order valence-corrected chi connectivity index (χ1v) is 6.38. The number of benzene rings is 1. The molecule has 0 aromatic heterocycles. The zero-order valence-electron chi connectivity index (χ0n) is 10.9. The number of imide groups is 1. The summed E-state index contributed by atoms with van der Waals surface area (Å²) in [7, 11) is 0. The summed E-state index contributed by atoms with van der Waals surface area (Å²) in [4.78, 5) is 24.4. The Balaban J connectivity index is 1.91. The highest BCUT2D eigenvalue weighted by atomic mass is 16.2. The molecular weight excluding hydrogens is 250 g/mol. The van der Waals surface area contributed by atoms with E-state index in [1.54, 1.807) is 12.1 Å². The fourth-order valence-electron chi connectivity index (χ4n) is 2.35. The predicted octanol–water partition coefficient (Wildman–Crippen LogP) is 3.02. The number of rotatable bonds is 2. The van der Waals surface area contributed by atoms with Gasteiger partial charge in [-0.15, -0.1) is 0 Å². The first-order valence-electron chi connectivity index (χ1n) is 6.38. The van der Waals surface area contributed by atoms with E-state index in [0.717, 1.165) is 28.0 Å². The molecule has 0 spiro atoms. The van der Waals surface area contributed by atoms with Gasteiger partial charge in [0.2, 0.25) is 0 Å². The molecule has 1 aliphatic carbocycles. The summed E-state index contributed by atoms with van der Waals surface area (Å²) in [6, 6.07) is 7.38. The molecule has 3 heteroatoms. The predicted molar refractivity (Wildman–Crippen MR) is 78.9 cm³/mol. The van der Waals surface area contributed by atoms with Gasteiger partial charge in [0.05, 0.1) is 5.69 Å². The molecule has 0 bridgehead atoms. The van der Waals surface area contributed by atoms with Crippen molar-refractivity contribution in [3.63, 3.8) is 0 Å². The maximum atomic E-state index is 11.6. The lowest BCUT2D eigenvalue weighted by molar-refractivity contribution is -0.119. The third kappa shape index (κ3) is 2.03. The zero-order chi connectivity index (χ0) is 14.1. The van der Waals surface area contributed by atoms with E-state index in [4.69, 9.17) is 0 Å². The van der Waals surface area contributed by atoms with Crippen molar-refractivity contribution in [3.05, 3.63) is 72.4 Å². The minimum atomic E-state index is -0.299. The van der Waals surface area contributed by atoms with Gasteiger partial charge in [-0.3, -0.25) is 9.59 Å². The molecular formula is C17H13NO2. The van der Waals surface area contributed by atoms with Crippen molar-refractivity contribution in [2.75, 3.05) is 4.90 Å². The number of nitrogens with zero attached hydrogens (tertiary/aromatic N) is 1. The normalized spacial score (nSPS) is 17.9. The molecule has 3 nitrogen and oxygen atoms in total. The summed E-state index contributed by atoms with van der Waals surface area (Å²) >= 11 is 0. The highest BCUT2D eigenvalue weighted by Crippen LogP contribution is 2.29. The minimum Gasteiger partial charge on any atom is -0.269 e. The van der Waals surface area contributed by atoms with Crippen LogP contribution in [-0.4, -0.2) is 11.8 Å². The number of carbonyl (C=O) groups is 2. The van der Waals surface area contributed by atoms with E-state index in [0.29, 0.717) is 5.69 Å². The van der Waals surface area contributed by atoms with Gasteiger partial charge in [0.15, 0.2) is 0 Å². The van der Waals surface area contributed by atoms with Crippen molar-refractivity contribution < 1.29 is 9.59 Å². The van der Waals surface area contributed by atoms with Gasteiger partial charge in [-0.2, -0.15) is 0 Å². The van der Waals surface area contributed by atoms with Crippen LogP contribution in [-0.2, 0) is 9.59 Å². The summed E-state index contributed by atoms with van der Waals surface area (Å²) in [5, 5.41) is 0. The maximum Gasteiger partial charge on any atom is 0.258 e. The van der Waals surface area contributed by atoms with Crippen molar-refractivity contribution in [2.24, 2.45) is 0 Å². The molecule has 2 aliphatic rings. The minimum absolute atomic E-state index is 0.299. The van der Waals surface area contributed by atoms with E-state index in [-0.39, 0.29) is 11.8 Å². The number of anilines is 1. The molecule has 0 saturated carbocycles. The van der Waals surface area contributed by atoms with Crippen LogP contribution >= 0.6 is 0 Å². The molecule has 1 aromatic carbocycles. The summed E-state index contributed by atoms with van der Waals surface area (Å²) in [6.45, 7) is 4.05. The van der Waals surface area contributed by atoms with Crippen molar-refractivity contribution >= 4 is 23.1 Å². The Bertz CT molecular complexity index is 672. The topological polar surface area (TPSA) is 37.4 Å². The molecule has 0 unspecified atom stereocenters. The van der Waals surface area contributed by atoms with E-state index in [1.807, 2.05) is 24.3 Å². The summed E-state index contributed by atoms with van der Waals surface area (Å²) in [5.41, 5.74) is 3.79. The highest BCUT2D eigenvalue weighted by molar-refractivity contribution is 6.28. The highest BCUT2D eigenvalue weighted by Gasteiger charge is 2.24. The monoisotopic (exact) mass is 263 g/mol. The van der Waals surface area contributed by atoms with Crippen molar-refractivity contribution in [2.45, 2.75) is 6.42 Å². The Hall–Kier alpha value is -2.68. The lowest BCUT2D eigenvalue weighted by Crippen LogP contribution is -2.29. The zero-order valence-corrected chi connectivity index (χ0v) is 10.9. The quantitative estimate of drug-likeness (QED) is 0.769. The number of carbonyl (C=O) groups excluding carboxylic acids is 2. The Labute approximate surface area is 117 Å². The van der Waals surface area contributed by atoms with Crippen molar-refractivity contribution in [1.82, 2.24) is 0 Å². The van der Waals surface area contributed by atoms with Gasteiger partial charge in [0.25, 0.3) is 11.8 Å². The largest absolute Gasteiger partial charge is 0.269 e. The van der Waals surface area contributed by atoms with Crippen LogP contribution in [0.3, 0.4) is 0 Å². The number of amides is 2. The Morgan fingerprint density at radius 2 is 1.65 bits per heavy atom. The van der Waals surface area contributed by atoms with Gasteiger partial charge in [-0.1, -0.05) is 36.9 Å². The molecule has 2 amide bonds. The summed E-state index contributed by atoms with van der Waals surface area (Å²) < 4.78 is 0. The molecule has 0 N–H and O–H groups in total. The number of allylic oxidation sites excluding steroid dienone is 5. The first-order chi connectivity index (χ1) is 9.66. The molecule has 1 aromatic rings.